The van der Waals surface area contributed by atoms with Crippen LogP contribution < -0.4 is 5.32 Å². The van der Waals surface area contributed by atoms with Gasteiger partial charge in [0.15, 0.2) is 5.60 Å². The summed E-state index contributed by atoms with van der Waals surface area (Å²) in [6, 6.07) is 3.41. The van der Waals surface area contributed by atoms with E-state index < -0.39 is 5.60 Å². The van der Waals surface area contributed by atoms with Gasteiger partial charge < -0.3 is 14.9 Å². The second kappa shape index (κ2) is 4.88. The molecule has 100 valence electrons. The molecule has 0 radical (unpaired) electrons. The fraction of sp³-hybridized carbons (Fsp3) is 0.417. The molecule has 1 aliphatic heterocycles. The van der Waals surface area contributed by atoms with Gasteiger partial charge in [-0.1, -0.05) is 16.8 Å². The molecule has 2 N–H and O–H groups in total. The fourth-order valence-corrected chi connectivity index (χ4v) is 2.21. The highest BCUT2D eigenvalue weighted by atomic mass is 35.5. The van der Waals surface area contributed by atoms with Gasteiger partial charge in [0.1, 0.15) is 5.69 Å². The highest BCUT2D eigenvalue weighted by molar-refractivity contribution is 6.30. The number of rotatable bonds is 2. The van der Waals surface area contributed by atoms with Gasteiger partial charge in [-0.15, -0.1) is 0 Å². The number of aromatic nitrogens is 3. The van der Waals surface area contributed by atoms with E-state index in [9.17, 15) is 5.11 Å². The molecule has 7 heteroatoms. The Kier molecular flexibility index (Phi) is 3.22. The van der Waals surface area contributed by atoms with Gasteiger partial charge in [-0.2, -0.15) is 4.98 Å². The Bertz CT molecular complexity index is 563. The van der Waals surface area contributed by atoms with Crippen molar-refractivity contribution in [3.8, 4) is 11.5 Å². The zero-order valence-corrected chi connectivity index (χ0v) is 10.9. The van der Waals surface area contributed by atoms with Gasteiger partial charge >= 0.3 is 0 Å². The van der Waals surface area contributed by atoms with Gasteiger partial charge in [-0.25, -0.2) is 0 Å². The number of nitrogens with one attached hydrogen (secondary N) is 1. The second-order valence-electron chi connectivity index (χ2n) is 4.60. The van der Waals surface area contributed by atoms with E-state index in [4.69, 9.17) is 16.1 Å². The average Bonchev–Trinajstić information content (AvgIpc) is 2.91. The number of aliphatic hydroxyl groups is 1. The van der Waals surface area contributed by atoms with Gasteiger partial charge in [0, 0.05) is 12.7 Å². The van der Waals surface area contributed by atoms with Gasteiger partial charge in [-0.3, -0.25) is 4.98 Å². The van der Waals surface area contributed by atoms with Crippen LogP contribution in [0.1, 0.15) is 18.7 Å². The van der Waals surface area contributed by atoms with Crippen molar-refractivity contribution in [2.45, 2.75) is 18.4 Å². The Morgan fingerprint density at radius 1 is 1.42 bits per heavy atom. The molecule has 6 nitrogen and oxygen atoms in total. The molecule has 0 saturated carbocycles. The third kappa shape index (κ3) is 2.47. The maximum atomic E-state index is 10.4. The summed E-state index contributed by atoms with van der Waals surface area (Å²) in [5, 5.41) is 18.0. The van der Waals surface area contributed by atoms with Crippen LogP contribution in [-0.2, 0) is 5.60 Å². The van der Waals surface area contributed by atoms with Crippen LogP contribution >= 0.6 is 11.6 Å². The molecule has 3 rings (SSSR count). The summed E-state index contributed by atoms with van der Waals surface area (Å²) in [6.07, 6.45) is 2.99. The van der Waals surface area contributed by atoms with E-state index in [-0.39, 0.29) is 5.89 Å². The molecule has 1 fully saturated rings. The summed E-state index contributed by atoms with van der Waals surface area (Å²) in [4.78, 5) is 8.35. The monoisotopic (exact) mass is 280 g/mol. The molecular formula is C12H13ClN4O2. The topological polar surface area (TPSA) is 84.1 Å². The Morgan fingerprint density at radius 3 is 3.00 bits per heavy atom. The van der Waals surface area contributed by atoms with Gasteiger partial charge in [0.05, 0.1) is 5.02 Å². The van der Waals surface area contributed by atoms with Crippen molar-refractivity contribution in [2.75, 3.05) is 13.1 Å². The lowest BCUT2D eigenvalue weighted by Crippen LogP contribution is -2.43. The first kappa shape index (κ1) is 12.5. The summed E-state index contributed by atoms with van der Waals surface area (Å²) in [5.41, 5.74) is -0.526. The predicted molar refractivity (Wildman–Crippen MR) is 68.5 cm³/mol. The number of hydrogen-bond donors (Lipinski definition) is 2. The lowest BCUT2D eigenvalue weighted by molar-refractivity contribution is -0.0167. The maximum Gasteiger partial charge on any atom is 0.260 e. The van der Waals surface area contributed by atoms with Crippen LogP contribution in [0.4, 0.5) is 0 Å². The first-order valence-electron chi connectivity index (χ1n) is 6.07. The number of β-amino-alcohol motifs (C(OH)–C–C–N with tert-alkyl or cyclic N) is 1. The van der Waals surface area contributed by atoms with Crippen LogP contribution in [0.2, 0.25) is 5.02 Å². The highest BCUT2D eigenvalue weighted by Gasteiger charge is 2.37. The van der Waals surface area contributed by atoms with E-state index in [1.165, 1.54) is 6.20 Å². The van der Waals surface area contributed by atoms with Crippen molar-refractivity contribution in [3.05, 3.63) is 29.2 Å². The fourth-order valence-electron chi connectivity index (χ4n) is 2.10. The van der Waals surface area contributed by atoms with Crippen molar-refractivity contribution in [3.63, 3.8) is 0 Å². The summed E-state index contributed by atoms with van der Waals surface area (Å²) < 4.78 is 5.17. The number of nitrogens with zero attached hydrogens (tertiary/aromatic N) is 3. The van der Waals surface area contributed by atoms with Gasteiger partial charge in [-0.05, 0) is 31.5 Å². The van der Waals surface area contributed by atoms with Crippen molar-refractivity contribution < 1.29 is 9.63 Å². The quantitative estimate of drug-likeness (QED) is 0.864. The Morgan fingerprint density at radius 2 is 2.32 bits per heavy atom. The van der Waals surface area contributed by atoms with E-state index in [0.717, 1.165) is 13.0 Å². The first-order valence-corrected chi connectivity index (χ1v) is 6.44. The minimum atomic E-state index is -1.09. The molecule has 3 heterocycles. The first-order chi connectivity index (χ1) is 9.17. The molecule has 1 unspecified atom stereocenters. The number of piperidine rings is 1. The highest BCUT2D eigenvalue weighted by Crippen LogP contribution is 2.28. The molecule has 2 aromatic rings. The molecule has 0 bridgehead atoms. The molecule has 1 atom stereocenters. The minimum Gasteiger partial charge on any atom is -0.379 e. The van der Waals surface area contributed by atoms with E-state index >= 15 is 0 Å². The Labute approximate surface area is 114 Å². The molecule has 0 spiro atoms. The molecule has 2 aromatic heterocycles. The van der Waals surface area contributed by atoms with Gasteiger partial charge in [0.25, 0.3) is 5.89 Å². The molecule has 1 saturated heterocycles. The summed E-state index contributed by atoms with van der Waals surface area (Å²) in [5.74, 6) is 0.581. The zero-order chi connectivity index (χ0) is 13.3. The van der Waals surface area contributed by atoms with E-state index in [1.807, 2.05) is 0 Å². The predicted octanol–water partition coefficient (Wildman–Crippen LogP) is 1.36. The van der Waals surface area contributed by atoms with Crippen LogP contribution in [0.25, 0.3) is 11.5 Å². The largest absolute Gasteiger partial charge is 0.379 e. The number of pyridine rings is 1. The van der Waals surface area contributed by atoms with Crippen molar-refractivity contribution in [1.82, 2.24) is 20.4 Å². The van der Waals surface area contributed by atoms with Gasteiger partial charge in [0.2, 0.25) is 5.82 Å². The van der Waals surface area contributed by atoms with E-state index in [1.54, 1.807) is 12.1 Å². The molecule has 0 aliphatic carbocycles. The normalized spacial score (nSPS) is 23.5. The van der Waals surface area contributed by atoms with Crippen LogP contribution in [-0.4, -0.2) is 33.3 Å². The van der Waals surface area contributed by atoms with Crippen LogP contribution in [0.5, 0.6) is 0 Å². The van der Waals surface area contributed by atoms with E-state index in [2.05, 4.69) is 20.4 Å². The van der Waals surface area contributed by atoms with Crippen molar-refractivity contribution in [1.29, 1.82) is 0 Å². The zero-order valence-electron chi connectivity index (χ0n) is 10.1. The lowest BCUT2D eigenvalue weighted by Gasteiger charge is -2.28. The third-order valence-corrected chi connectivity index (χ3v) is 3.37. The van der Waals surface area contributed by atoms with Crippen LogP contribution in [0.3, 0.4) is 0 Å². The third-order valence-electron chi connectivity index (χ3n) is 3.14. The summed E-state index contributed by atoms with van der Waals surface area (Å²) in [7, 11) is 0. The van der Waals surface area contributed by atoms with Crippen molar-refractivity contribution >= 4 is 11.6 Å². The summed E-state index contributed by atoms with van der Waals surface area (Å²) >= 11 is 5.77. The molecule has 19 heavy (non-hydrogen) atoms. The molecular weight excluding hydrogens is 268 g/mol. The lowest BCUT2D eigenvalue weighted by atomic mass is 9.94. The number of halogens is 1. The van der Waals surface area contributed by atoms with Crippen LogP contribution in [0.15, 0.2) is 22.9 Å². The van der Waals surface area contributed by atoms with Crippen molar-refractivity contribution in [2.24, 2.45) is 0 Å². The Balaban J connectivity index is 1.88. The minimum absolute atomic E-state index is 0.228. The van der Waals surface area contributed by atoms with E-state index in [0.29, 0.717) is 29.5 Å². The molecule has 0 aromatic carbocycles. The smallest absolute Gasteiger partial charge is 0.260 e. The number of hydrogen-bond acceptors (Lipinski definition) is 6. The average molecular weight is 281 g/mol. The Hall–Kier alpha value is -1.50. The van der Waals surface area contributed by atoms with Crippen LogP contribution in [0, 0.1) is 0 Å². The second-order valence-corrected chi connectivity index (χ2v) is 5.03. The molecule has 0 amide bonds. The maximum absolute atomic E-state index is 10.4. The summed E-state index contributed by atoms with van der Waals surface area (Å²) in [6.45, 7) is 1.31. The SMILES string of the molecule is OC1(c2nc(-c3ccc(Cl)cn3)no2)CCCNC1. The standard InChI is InChI=1S/C12H13ClN4O2/c13-8-2-3-9(15-6-8)10-16-11(19-17-10)12(18)4-1-5-14-7-12/h2-3,6,14,18H,1,4-5,7H2. The molecule has 1 aliphatic rings.